The van der Waals surface area contributed by atoms with Crippen LogP contribution in [0.1, 0.15) is 83.5 Å². The lowest BCUT2D eigenvalue weighted by Crippen LogP contribution is -2.43. The van der Waals surface area contributed by atoms with Gasteiger partial charge in [-0.15, -0.1) is 0 Å². The van der Waals surface area contributed by atoms with Gasteiger partial charge in [0, 0.05) is 43.5 Å². The average Bonchev–Trinajstić information content (AvgIpc) is 3.28. The van der Waals surface area contributed by atoms with E-state index in [0.717, 1.165) is 44.2 Å². The van der Waals surface area contributed by atoms with Crippen LogP contribution in [0, 0.1) is 0 Å². The van der Waals surface area contributed by atoms with Crippen LogP contribution < -0.4 is 15.5 Å². The molecule has 4 rings (SSSR count). The van der Waals surface area contributed by atoms with Gasteiger partial charge in [0.05, 0.1) is 0 Å². The topological polar surface area (TPSA) is 53.1 Å². The molecule has 2 aromatic heterocycles. The Morgan fingerprint density at radius 1 is 1.00 bits per heavy atom. The molecule has 2 fully saturated rings. The summed E-state index contributed by atoms with van der Waals surface area (Å²) in [6, 6.07) is 9.39. The molecule has 2 aliphatic heterocycles. The molecule has 2 aliphatic rings. The van der Waals surface area contributed by atoms with E-state index in [0.29, 0.717) is 12.0 Å². The van der Waals surface area contributed by atoms with Crippen molar-refractivity contribution in [2.45, 2.75) is 83.6 Å². The largest absolute Gasteiger partial charge is 0.366 e. The maximum absolute atomic E-state index is 5.18. The number of aromatic nitrogens is 2. The zero-order valence-corrected chi connectivity index (χ0v) is 20.8. The Hall–Kier alpha value is -2.14. The Balaban J connectivity index is 1.54. The highest BCUT2D eigenvalue weighted by Crippen LogP contribution is 2.32. The number of nitrogens with one attached hydrogen (secondary N) is 2. The Morgan fingerprint density at radius 2 is 1.78 bits per heavy atom. The number of rotatable bonds is 4. The molecule has 5 nitrogen and oxygen atoms in total. The lowest BCUT2D eigenvalue weighted by Gasteiger charge is -2.35. The first kappa shape index (κ1) is 23.0. The second-order valence-corrected chi connectivity index (χ2v) is 11.7. The van der Waals surface area contributed by atoms with Gasteiger partial charge >= 0.3 is 0 Å². The van der Waals surface area contributed by atoms with Crippen molar-refractivity contribution in [3.05, 3.63) is 47.3 Å². The van der Waals surface area contributed by atoms with Crippen LogP contribution in [0.4, 0.5) is 11.6 Å². The number of nitrogens with zero attached hydrogens (tertiary/aromatic N) is 3. The standard InChI is InChI=1S/C27H41N5/c1-26(2,3)20-10-12-29-24(15-20)30-22-8-7-13-32(18-22)25-16-21(27(4,5)6)14-23(31-25)19-9-11-28-17-19/h10,12,14-16,19,22,28H,7-9,11,13,17-18H2,1-6H3,(H,29,30). The number of hydrogen-bond acceptors (Lipinski definition) is 5. The highest BCUT2D eigenvalue weighted by atomic mass is 15.2. The first-order valence-electron chi connectivity index (χ1n) is 12.3. The van der Waals surface area contributed by atoms with Gasteiger partial charge in [-0.2, -0.15) is 0 Å². The van der Waals surface area contributed by atoms with Gasteiger partial charge in [0.1, 0.15) is 11.6 Å². The molecular weight excluding hydrogens is 394 g/mol. The third-order valence-corrected chi connectivity index (χ3v) is 6.90. The minimum atomic E-state index is 0.114. The van der Waals surface area contributed by atoms with E-state index in [9.17, 15) is 0 Å². The van der Waals surface area contributed by atoms with Gasteiger partial charge in [0.15, 0.2) is 0 Å². The monoisotopic (exact) mass is 435 g/mol. The van der Waals surface area contributed by atoms with Crippen LogP contribution >= 0.6 is 0 Å². The number of piperidine rings is 1. The van der Waals surface area contributed by atoms with Crippen LogP contribution in [0.5, 0.6) is 0 Å². The van der Waals surface area contributed by atoms with Crippen LogP contribution in [0.2, 0.25) is 0 Å². The zero-order valence-electron chi connectivity index (χ0n) is 20.8. The summed E-state index contributed by atoms with van der Waals surface area (Å²) in [4.78, 5) is 12.3. The van der Waals surface area contributed by atoms with Crippen LogP contribution in [-0.2, 0) is 10.8 Å². The molecule has 174 valence electrons. The second kappa shape index (κ2) is 9.01. The summed E-state index contributed by atoms with van der Waals surface area (Å²) in [6.45, 7) is 17.8. The zero-order chi connectivity index (χ0) is 22.9. The highest BCUT2D eigenvalue weighted by Gasteiger charge is 2.26. The lowest BCUT2D eigenvalue weighted by molar-refractivity contribution is 0.522. The fraction of sp³-hybridized carbons (Fsp3) is 0.630. The predicted molar refractivity (Wildman–Crippen MR) is 135 cm³/mol. The van der Waals surface area contributed by atoms with Crippen LogP contribution in [0.15, 0.2) is 30.5 Å². The van der Waals surface area contributed by atoms with Crippen LogP contribution in [0.3, 0.4) is 0 Å². The fourth-order valence-electron chi connectivity index (χ4n) is 4.74. The Kier molecular flexibility index (Phi) is 6.49. The van der Waals surface area contributed by atoms with E-state index in [1.54, 1.807) is 0 Å². The van der Waals surface area contributed by atoms with Crippen molar-refractivity contribution in [1.82, 2.24) is 15.3 Å². The van der Waals surface area contributed by atoms with Gasteiger partial charge in [0.2, 0.25) is 0 Å². The van der Waals surface area contributed by atoms with E-state index in [-0.39, 0.29) is 10.8 Å². The van der Waals surface area contributed by atoms with Crippen molar-refractivity contribution in [3.63, 3.8) is 0 Å². The summed E-state index contributed by atoms with van der Waals surface area (Å²) in [5, 5.41) is 7.22. The smallest absolute Gasteiger partial charge is 0.129 e. The quantitative estimate of drug-likeness (QED) is 0.689. The predicted octanol–water partition coefficient (Wildman–Crippen LogP) is 5.23. The number of hydrogen-bond donors (Lipinski definition) is 2. The summed E-state index contributed by atoms with van der Waals surface area (Å²) in [6.07, 6.45) is 5.44. The van der Waals surface area contributed by atoms with E-state index in [4.69, 9.17) is 4.98 Å². The third-order valence-electron chi connectivity index (χ3n) is 6.90. The molecule has 2 N–H and O–H groups in total. The first-order chi connectivity index (χ1) is 15.1. The van der Waals surface area contributed by atoms with Crippen molar-refractivity contribution in [2.24, 2.45) is 0 Å². The molecule has 2 atom stereocenters. The van der Waals surface area contributed by atoms with Gasteiger partial charge in [0.25, 0.3) is 0 Å². The summed E-state index contributed by atoms with van der Waals surface area (Å²) < 4.78 is 0. The maximum atomic E-state index is 5.18. The molecule has 2 aromatic rings. The Labute approximate surface area is 194 Å². The van der Waals surface area contributed by atoms with E-state index in [1.165, 1.54) is 29.7 Å². The van der Waals surface area contributed by atoms with Crippen LogP contribution in [0.25, 0.3) is 0 Å². The number of anilines is 2. The normalized spacial score (nSPS) is 22.2. The van der Waals surface area contributed by atoms with Crippen molar-refractivity contribution < 1.29 is 0 Å². The van der Waals surface area contributed by atoms with Crippen molar-refractivity contribution in [1.29, 1.82) is 0 Å². The molecule has 0 radical (unpaired) electrons. The van der Waals surface area contributed by atoms with E-state index in [2.05, 4.69) is 86.3 Å². The minimum absolute atomic E-state index is 0.114. The van der Waals surface area contributed by atoms with Crippen molar-refractivity contribution >= 4 is 11.6 Å². The molecule has 2 saturated heterocycles. The molecule has 0 amide bonds. The van der Waals surface area contributed by atoms with Crippen molar-refractivity contribution in [3.8, 4) is 0 Å². The second-order valence-electron chi connectivity index (χ2n) is 11.7. The molecule has 4 heterocycles. The van der Waals surface area contributed by atoms with Gasteiger partial charge < -0.3 is 15.5 Å². The summed E-state index contributed by atoms with van der Waals surface area (Å²) in [5.41, 5.74) is 4.20. The minimum Gasteiger partial charge on any atom is -0.366 e. The molecule has 32 heavy (non-hydrogen) atoms. The Morgan fingerprint density at radius 3 is 2.47 bits per heavy atom. The van der Waals surface area contributed by atoms with Gasteiger partial charge in [-0.05, 0) is 72.0 Å². The summed E-state index contributed by atoms with van der Waals surface area (Å²) in [5.74, 6) is 2.65. The van der Waals surface area contributed by atoms with E-state index in [1.807, 2.05) is 6.20 Å². The van der Waals surface area contributed by atoms with Gasteiger partial charge in [-0.25, -0.2) is 9.97 Å². The molecule has 0 aliphatic carbocycles. The molecule has 0 aromatic carbocycles. The molecule has 0 spiro atoms. The summed E-state index contributed by atoms with van der Waals surface area (Å²) >= 11 is 0. The fourth-order valence-corrected chi connectivity index (χ4v) is 4.74. The van der Waals surface area contributed by atoms with Gasteiger partial charge in [-0.1, -0.05) is 41.5 Å². The molecule has 5 heteroatoms. The third kappa shape index (κ3) is 5.43. The molecular formula is C27H41N5. The molecule has 0 bridgehead atoms. The molecule has 0 saturated carbocycles. The highest BCUT2D eigenvalue weighted by molar-refractivity contribution is 5.48. The lowest BCUT2D eigenvalue weighted by atomic mass is 9.86. The van der Waals surface area contributed by atoms with Crippen molar-refractivity contribution in [2.75, 3.05) is 36.4 Å². The van der Waals surface area contributed by atoms with E-state index < -0.39 is 0 Å². The average molecular weight is 436 g/mol. The number of pyridine rings is 2. The molecule has 2 unspecified atom stereocenters. The van der Waals surface area contributed by atoms with Gasteiger partial charge in [-0.3, -0.25) is 0 Å². The SMILES string of the molecule is CC(C)(C)c1ccnc(NC2CCCN(c3cc(C(C)(C)C)cc(C4CCNC4)n3)C2)c1. The van der Waals surface area contributed by atoms with E-state index >= 15 is 0 Å². The first-order valence-corrected chi connectivity index (χ1v) is 12.3. The maximum Gasteiger partial charge on any atom is 0.129 e. The Bertz CT molecular complexity index is 918. The summed E-state index contributed by atoms with van der Waals surface area (Å²) in [7, 11) is 0. The van der Waals surface area contributed by atoms with Crippen LogP contribution in [-0.4, -0.2) is 42.2 Å².